The zero-order valence-corrected chi connectivity index (χ0v) is 11.3. The van der Waals surface area contributed by atoms with E-state index >= 15 is 0 Å². The van der Waals surface area contributed by atoms with Crippen molar-refractivity contribution in [2.45, 2.75) is 51.9 Å². The fourth-order valence-corrected chi connectivity index (χ4v) is 2.37. The second kappa shape index (κ2) is 7.14. The fourth-order valence-electron chi connectivity index (χ4n) is 2.37. The standard InChI is InChI=1S/C15H23N3/c1-2-6-14-11-15(18-12-17-14)16-10-9-13-7-4-3-5-8-13/h7,11-12H,2-6,8-10H2,1H3,(H,16,17,18). The number of hydrogen-bond donors (Lipinski definition) is 1. The summed E-state index contributed by atoms with van der Waals surface area (Å²) in [6.45, 7) is 3.15. The number of nitrogens with zero attached hydrogens (tertiary/aromatic N) is 2. The molecule has 0 aliphatic heterocycles. The van der Waals surface area contributed by atoms with E-state index in [0.29, 0.717) is 0 Å². The lowest BCUT2D eigenvalue weighted by atomic mass is 9.97. The van der Waals surface area contributed by atoms with Gasteiger partial charge in [0.1, 0.15) is 12.1 Å². The molecule has 0 amide bonds. The molecule has 2 rings (SSSR count). The molecule has 18 heavy (non-hydrogen) atoms. The van der Waals surface area contributed by atoms with Gasteiger partial charge in [0, 0.05) is 18.3 Å². The summed E-state index contributed by atoms with van der Waals surface area (Å²) in [6, 6.07) is 2.07. The molecule has 0 spiro atoms. The molecule has 1 aromatic heterocycles. The molecule has 98 valence electrons. The summed E-state index contributed by atoms with van der Waals surface area (Å²) in [4.78, 5) is 8.53. The quantitative estimate of drug-likeness (QED) is 0.776. The summed E-state index contributed by atoms with van der Waals surface area (Å²) in [5.74, 6) is 0.963. The lowest BCUT2D eigenvalue weighted by Gasteiger charge is -2.13. The van der Waals surface area contributed by atoms with Crippen LogP contribution in [0.5, 0.6) is 0 Å². The number of aryl methyl sites for hydroxylation is 1. The molecule has 0 bridgehead atoms. The second-order valence-corrected chi connectivity index (χ2v) is 4.93. The number of anilines is 1. The molecule has 0 saturated carbocycles. The first kappa shape index (κ1) is 13.1. The van der Waals surface area contributed by atoms with E-state index in [-0.39, 0.29) is 0 Å². The predicted molar refractivity (Wildman–Crippen MR) is 75.7 cm³/mol. The average Bonchev–Trinajstić information content (AvgIpc) is 2.41. The fraction of sp³-hybridized carbons (Fsp3) is 0.600. The zero-order chi connectivity index (χ0) is 12.6. The second-order valence-electron chi connectivity index (χ2n) is 4.93. The Bertz CT molecular complexity index is 398. The van der Waals surface area contributed by atoms with Crippen LogP contribution < -0.4 is 5.32 Å². The smallest absolute Gasteiger partial charge is 0.129 e. The molecule has 0 fully saturated rings. The monoisotopic (exact) mass is 245 g/mol. The molecule has 0 radical (unpaired) electrons. The molecule has 0 aromatic carbocycles. The van der Waals surface area contributed by atoms with Crippen LogP contribution in [0.1, 0.15) is 51.1 Å². The minimum absolute atomic E-state index is 0.963. The van der Waals surface area contributed by atoms with Crippen LogP contribution in [0.15, 0.2) is 24.0 Å². The van der Waals surface area contributed by atoms with Crippen LogP contribution in [0.2, 0.25) is 0 Å². The normalized spacial score (nSPS) is 15.3. The molecule has 0 unspecified atom stereocenters. The van der Waals surface area contributed by atoms with Crippen LogP contribution in [0.25, 0.3) is 0 Å². The van der Waals surface area contributed by atoms with Gasteiger partial charge in [-0.2, -0.15) is 0 Å². The third-order valence-electron chi connectivity index (χ3n) is 3.37. The van der Waals surface area contributed by atoms with Gasteiger partial charge in [-0.05, 0) is 38.5 Å². The van der Waals surface area contributed by atoms with Crippen molar-refractivity contribution >= 4 is 5.82 Å². The minimum Gasteiger partial charge on any atom is -0.370 e. The first-order valence-corrected chi connectivity index (χ1v) is 7.11. The maximum atomic E-state index is 4.26. The summed E-state index contributed by atoms with van der Waals surface area (Å²) in [5, 5.41) is 3.40. The van der Waals surface area contributed by atoms with Crippen LogP contribution >= 0.6 is 0 Å². The van der Waals surface area contributed by atoms with E-state index in [4.69, 9.17) is 0 Å². The number of nitrogens with one attached hydrogen (secondary N) is 1. The van der Waals surface area contributed by atoms with Crippen LogP contribution in [0.3, 0.4) is 0 Å². The lowest BCUT2D eigenvalue weighted by Crippen LogP contribution is -2.06. The molecule has 0 saturated heterocycles. The van der Waals surface area contributed by atoms with E-state index in [2.05, 4.69) is 34.4 Å². The Morgan fingerprint density at radius 3 is 2.94 bits per heavy atom. The summed E-state index contributed by atoms with van der Waals surface area (Å²) >= 11 is 0. The van der Waals surface area contributed by atoms with Gasteiger partial charge in [-0.25, -0.2) is 9.97 Å². The van der Waals surface area contributed by atoms with E-state index < -0.39 is 0 Å². The van der Waals surface area contributed by atoms with Gasteiger partial charge in [-0.3, -0.25) is 0 Å². The Labute approximate surface area is 110 Å². The first-order chi connectivity index (χ1) is 8.88. The van der Waals surface area contributed by atoms with Crippen LogP contribution in [-0.4, -0.2) is 16.5 Å². The number of rotatable bonds is 6. The van der Waals surface area contributed by atoms with Gasteiger partial charge in [-0.1, -0.05) is 25.0 Å². The summed E-state index contributed by atoms with van der Waals surface area (Å²) in [7, 11) is 0. The Kier molecular flexibility index (Phi) is 5.18. The zero-order valence-electron chi connectivity index (χ0n) is 11.3. The Morgan fingerprint density at radius 1 is 1.22 bits per heavy atom. The van der Waals surface area contributed by atoms with Gasteiger partial charge in [0.25, 0.3) is 0 Å². The molecule has 3 heteroatoms. The SMILES string of the molecule is CCCc1cc(NCCC2=CCCCC2)ncn1. The van der Waals surface area contributed by atoms with Gasteiger partial charge in [0.05, 0.1) is 0 Å². The van der Waals surface area contributed by atoms with E-state index in [0.717, 1.165) is 37.3 Å². The van der Waals surface area contributed by atoms with E-state index in [1.54, 1.807) is 11.9 Å². The molecular formula is C15H23N3. The van der Waals surface area contributed by atoms with Gasteiger partial charge in [0.15, 0.2) is 0 Å². The number of hydrogen-bond acceptors (Lipinski definition) is 3. The van der Waals surface area contributed by atoms with Crippen molar-refractivity contribution in [1.82, 2.24) is 9.97 Å². The Balaban J connectivity index is 1.78. The molecule has 1 aromatic rings. The highest BCUT2D eigenvalue weighted by molar-refractivity contribution is 5.35. The summed E-state index contributed by atoms with van der Waals surface area (Å²) < 4.78 is 0. The van der Waals surface area contributed by atoms with E-state index in [9.17, 15) is 0 Å². The van der Waals surface area contributed by atoms with E-state index in [1.165, 1.54) is 25.7 Å². The molecule has 1 heterocycles. The van der Waals surface area contributed by atoms with Crippen molar-refractivity contribution in [2.24, 2.45) is 0 Å². The number of aromatic nitrogens is 2. The van der Waals surface area contributed by atoms with Crippen molar-refractivity contribution in [3.05, 3.63) is 29.7 Å². The third kappa shape index (κ3) is 4.13. The topological polar surface area (TPSA) is 37.8 Å². The molecule has 3 nitrogen and oxygen atoms in total. The Morgan fingerprint density at radius 2 is 2.17 bits per heavy atom. The van der Waals surface area contributed by atoms with E-state index in [1.807, 2.05) is 0 Å². The summed E-state index contributed by atoms with van der Waals surface area (Å²) in [5.41, 5.74) is 2.74. The molecule has 1 aliphatic carbocycles. The van der Waals surface area contributed by atoms with Crippen LogP contribution in [0.4, 0.5) is 5.82 Å². The maximum absolute atomic E-state index is 4.26. The van der Waals surface area contributed by atoms with Crippen LogP contribution in [-0.2, 0) is 6.42 Å². The lowest BCUT2D eigenvalue weighted by molar-refractivity contribution is 0.679. The minimum atomic E-state index is 0.963. The highest BCUT2D eigenvalue weighted by Crippen LogP contribution is 2.19. The third-order valence-corrected chi connectivity index (χ3v) is 3.37. The van der Waals surface area contributed by atoms with Gasteiger partial charge >= 0.3 is 0 Å². The highest BCUT2D eigenvalue weighted by atomic mass is 15.0. The number of allylic oxidation sites excluding steroid dienone is 1. The van der Waals surface area contributed by atoms with Crippen molar-refractivity contribution in [2.75, 3.05) is 11.9 Å². The summed E-state index contributed by atoms with van der Waals surface area (Å²) in [6.07, 6.45) is 12.7. The first-order valence-electron chi connectivity index (χ1n) is 7.11. The average molecular weight is 245 g/mol. The van der Waals surface area contributed by atoms with Gasteiger partial charge in [-0.15, -0.1) is 0 Å². The Hall–Kier alpha value is -1.38. The molecule has 0 atom stereocenters. The van der Waals surface area contributed by atoms with Crippen molar-refractivity contribution in [1.29, 1.82) is 0 Å². The van der Waals surface area contributed by atoms with Crippen molar-refractivity contribution < 1.29 is 0 Å². The van der Waals surface area contributed by atoms with Crippen molar-refractivity contribution in [3.63, 3.8) is 0 Å². The van der Waals surface area contributed by atoms with Crippen LogP contribution in [0, 0.1) is 0 Å². The molecule has 1 aliphatic rings. The van der Waals surface area contributed by atoms with Crippen molar-refractivity contribution in [3.8, 4) is 0 Å². The predicted octanol–water partition coefficient (Wildman–Crippen LogP) is 3.73. The molecular weight excluding hydrogens is 222 g/mol. The van der Waals surface area contributed by atoms with Gasteiger partial charge < -0.3 is 5.32 Å². The molecule has 1 N–H and O–H groups in total. The highest BCUT2D eigenvalue weighted by Gasteiger charge is 2.03. The van der Waals surface area contributed by atoms with Gasteiger partial charge in [0.2, 0.25) is 0 Å². The largest absolute Gasteiger partial charge is 0.370 e. The maximum Gasteiger partial charge on any atom is 0.129 e.